The van der Waals surface area contributed by atoms with Crippen LogP contribution in [0.1, 0.15) is 54.0 Å². The van der Waals surface area contributed by atoms with Crippen LogP contribution in [-0.4, -0.2) is 33.3 Å². The maximum Gasteiger partial charge on any atom is 0.414 e. The lowest BCUT2D eigenvalue weighted by molar-refractivity contribution is 0.0697. The van der Waals surface area contributed by atoms with Gasteiger partial charge < -0.3 is 14.4 Å². The van der Waals surface area contributed by atoms with E-state index in [0.29, 0.717) is 25.3 Å². The zero-order valence-electron chi connectivity index (χ0n) is 24.0. The molecule has 5 rings (SSSR count). The Morgan fingerprint density at radius 2 is 1.62 bits per heavy atom. The number of nitrogens with zero attached hydrogens (tertiary/aromatic N) is 3. The number of hydrogen-bond donors (Lipinski definition) is 1. The number of aromatic carboxylic acids is 1. The molecule has 1 N–H and O–H groups in total. The first kappa shape index (κ1) is 28.6. The number of amides is 1. The summed E-state index contributed by atoms with van der Waals surface area (Å²) in [5.41, 5.74) is 6.46. The molecule has 5 aromatic rings. The normalized spacial score (nSPS) is 11.0. The third-order valence-electron chi connectivity index (χ3n) is 7.31. The summed E-state index contributed by atoms with van der Waals surface area (Å²) >= 11 is 0. The molecule has 0 aliphatic carbocycles. The minimum absolute atomic E-state index is 0.280. The second-order valence-corrected chi connectivity index (χ2v) is 10.2. The summed E-state index contributed by atoms with van der Waals surface area (Å²) in [6.45, 7) is 5.25. The Labute approximate surface area is 246 Å². The highest BCUT2D eigenvalue weighted by Crippen LogP contribution is 2.28. The minimum Gasteiger partial charge on any atom is -0.478 e. The summed E-state index contributed by atoms with van der Waals surface area (Å²) in [7, 11) is 0. The van der Waals surface area contributed by atoms with E-state index in [1.165, 1.54) is 0 Å². The van der Waals surface area contributed by atoms with Gasteiger partial charge in [-0.05, 0) is 59.9 Å². The lowest BCUT2D eigenvalue weighted by atomic mass is 9.99. The third-order valence-corrected chi connectivity index (χ3v) is 7.31. The van der Waals surface area contributed by atoms with E-state index in [9.17, 15) is 14.7 Å². The van der Waals surface area contributed by atoms with Crippen LogP contribution >= 0.6 is 0 Å². The van der Waals surface area contributed by atoms with Gasteiger partial charge in [0, 0.05) is 18.7 Å². The van der Waals surface area contributed by atoms with Crippen molar-refractivity contribution >= 4 is 28.8 Å². The number of carbonyl (C=O) groups excluding carboxylic acids is 1. The molecule has 0 saturated heterocycles. The van der Waals surface area contributed by atoms with E-state index in [4.69, 9.17) is 9.72 Å². The highest BCUT2D eigenvalue weighted by molar-refractivity contribution is 5.96. The van der Waals surface area contributed by atoms with Crippen molar-refractivity contribution in [3.63, 3.8) is 0 Å². The summed E-state index contributed by atoms with van der Waals surface area (Å²) in [5, 5.41) is 9.62. The van der Waals surface area contributed by atoms with Gasteiger partial charge in [-0.25, -0.2) is 14.6 Å². The second kappa shape index (κ2) is 13.2. The van der Waals surface area contributed by atoms with Crippen molar-refractivity contribution in [2.75, 3.05) is 11.5 Å². The molecule has 7 nitrogen and oxygen atoms in total. The second-order valence-electron chi connectivity index (χ2n) is 10.2. The van der Waals surface area contributed by atoms with Gasteiger partial charge in [-0.2, -0.15) is 0 Å². The fourth-order valence-corrected chi connectivity index (χ4v) is 5.15. The van der Waals surface area contributed by atoms with Crippen LogP contribution in [0.15, 0.2) is 97.1 Å². The van der Waals surface area contributed by atoms with Crippen molar-refractivity contribution in [1.82, 2.24) is 9.55 Å². The summed E-state index contributed by atoms with van der Waals surface area (Å²) in [6.07, 6.45) is 2.52. The zero-order valence-corrected chi connectivity index (χ0v) is 24.0. The topological polar surface area (TPSA) is 84.7 Å². The van der Waals surface area contributed by atoms with Gasteiger partial charge in [-0.1, -0.05) is 86.1 Å². The van der Waals surface area contributed by atoms with Crippen molar-refractivity contribution in [3.8, 4) is 11.1 Å². The number of anilines is 1. The maximum absolute atomic E-state index is 13.1. The highest BCUT2D eigenvalue weighted by Gasteiger charge is 2.20. The van der Waals surface area contributed by atoms with Crippen molar-refractivity contribution in [1.29, 1.82) is 0 Å². The molecule has 0 atom stereocenters. The summed E-state index contributed by atoms with van der Waals surface area (Å²) in [5.74, 6) is 0.0510. The van der Waals surface area contributed by atoms with Gasteiger partial charge in [0.1, 0.15) is 5.82 Å². The van der Waals surface area contributed by atoms with Crippen LogP contribution in [0.3, 0.4) is 0 Å². The number of rotatable bonds is 11. The first-order valence-electron chi connectivity index (χ1n) is 14.4. The number of hydrogen-bond acceptors (Lipinski definition) is 4. The van der Waals surface area contributed by atoms with E-state index in [1.54, 1.807) is 17.0 Å². The van der Waals surface area contributed by atoms with Crippen molar-refractivity contribution in [2.45, 2.75) is 46.2 Å². The van der Waals surface area contributed by atoms with Gasteiger partial charge in [-0.3, -0.25) is 4.90 Å². The molecule has 1 aromatic heterocycles. The average Bonchev–Trinajstić information content (AvgIpc) is 3.35. The quantitative estimate of drug-likeness (QED) is 0.177. The maximum atomic E-state index is 13.1. The highest BCUT2D eigenvalue weighted by atomic mass is 16.6. The molecule has 1 heterocycles. The van der Waals surface area contributed by atoms with E-state index < -0.39 is 12.1 Å². The molecule has 0 aliphatic rings. The number of benzene rings is 4. The molecule has 214 valence electrons. The Morgan fingerprint density at radius 3 is 2.33 bits per heavy atom. The summed E-state index contributed by atoms with van der Waals surface area (Å²) in [6, 6.07) is 30.8. The van der Waals surface area contributed by atoms with Crippen LogP contribution in [0.4, 0.5) is 10.5 Å². The molecule has 0 radical (unpaired) electrons. The number of aromatic nitrogens is 2. The average molecular weight is 562 g/mol. The fourth-order valence-electron chi connectivity index (χ4n) is 5.15. The Bertz CT molecular complexity index is 1680. The van der Waals surface area contributed by atoms with Crippen molar-refractivity contribution in [2.24, 2.45) is 0 Å². The first-order valence-corrected chi connectivity index (χ1v) is 14.4. The Hall–Kier alpha value is -4.91. The number of fused-ring (bicyclic) bond motifs is 1. The van der Waals surface area contributed by atoms with E-state index in [-0.39, 0.29) is 5.56 Å². The smallest absolute Gasteiger partial charge is 0.414 e. The van der Waals surface area contributed by atoms with Crippen LogP contribution in [0.5, 0.6) is 0 Å². The predicted octanol–water partition coefficient (Wildman–Crippen LogP) is 7.96. The van der Waals surface area contributed by atoms with Gasteiger partial charge in [-0.15, -0.1) is 0 Å². The van der Waals surface area contributed by atoms with Crippen molar-refractivity contribution in [3.05, 3.63) is 120 Å². The minimum atomic E-state index is -0.944. The van der Waals surface area contributed by atoms with E-state index in [2.05, 4.69) is 11.5 Å². The molecule has 42 heavy (non-hydrogen) atoms. The SMILES string of the molecule is CCCCc1nc2ccc(N(Cc3ccccc3)C(=O)OCC)cc2n1Cc1ccc(-c2ccccc2C(=O)O)cc1. The molecule has 0 fully saturated rings. The lowest BCUT2D eigenvalue weighted by Crippen LogP contribution is -2.31. The lowest BCUT2D eigenvalue weighted by Gasteiger charge is -2.22. The van der Waals surface area contributed by atoms with Crippen molar-refractivity contribution < 1.29 is 19.4 Å². The Kier molecular flexibility index (Phi) is 8.97. The Balaban J connectivity index is 1.51. The molecular weight excluding hydrogens is 526 g/mol. The molecule has 7 heteroatoms. The summed E-state index contributed by atoms with van der Waals surface area (Å²) < 4.78 is 7.65. The van der Waals surface area contributed by atoms with Gasteiger partial charge >= 0.3 is 12.1 Å². The predicted molar refractivity (Wildman–Crippen MR) is 166 cm³/mol. The molecule has 0 unspecified atom stereocenters. The molecule has 4 aromatic carbocycles. The van der Waals surface area contributed by atoms with Crippen LogP contribution < -0.4 is 4.90 Å². The van der Waals surface area contributed by atoms with E-state index in [1.807, 2.05) is 91.9 Å². The molecule has 0 aliphatic heterocycles. The molecule has 1 amide bonds. The summed E-state index contributed by atoms with van der Waals surface area (Å²) in [4.78, 5) is 31.4. The van der Waals surface area contributed by atoms with E-state index >= 15 is 0 Å². The van der Waals surface area contributed by atoms with Crippen LogP contribution in [0.25, 0.3) is 22.2 Å². The third kappa shape index (κ3) is 6.36. The van der Waals surface area contributed by atoms with Crippen LogP contribution in [-0.2, 0) is 24.2 Å². The number of carboxylic acids is 1. The largest absolute Gasteiger partial charge is 0.478 e. The molecular formula is C35H35N3O4. The molecule has 0 saturated carbocycles. The van der Waals surface area contributed by atoms with Gasteiger partial charge in [0.2, 0.25) is 0 Å². The van der Waals surface area contributed by atoms with Gasteiger partial charge in [0.25, 0.3) is 0 Å². The number of carboxylic acid groups (broad SMARTS) is 1. The number of imidazole rings is 1. The first-order chi connectivity index (χ1) is 20.5. The number of unbranched alkanes of at least 4 members (excludes halogenated alkanes) is 1. The van der Waals surface area contributed by atoms with Gasteiger partial charge in [0.05, 0.1) is 29.7 Å². The number of ether oxygens (including phenoxy) is 1. The van der Waals surface area contributed by atoms with Gasteiger partial charge in [0.15, 0.2) is 0 Å². The van der Waals surface area contributed by atoms with Crippen LogP contribution in [0, 0.1) is 0 Å². The Morgan fingerprint density at radius 1 is 0.881 bits per heavy atom. The van der Waals surface area contributed by atoms with Crippen LogP contribution in [0.2, 0.25) is 0 Å². The fraction of sp³-hybridized carbons (Fsp3) is 0.229. The monoisotopic (exact) mass is 561 g/mol. The number of carbonyl (C=O) groups is 2. The zero-order chi connectivity index (χ0) is 29.5. The number of aryl methyl sites for hydroxylation is 1. The van der Waals surface area contributed by atoms with E-state index in [0.717, 1.165) is 58.5 Å². The molecule has 0 spiro atoms. The molecule has 0 bridgehead atoms. The standard InChI is InChI=1S/C35H35N3O4/c1-3-5-15-33-36-31-21-20-28(37(35(41)42-4-2)23-25-11-7-6-8-12-25)22-32(31)38(33)24-26-16-18-27(19-17-26)29-13-9-10-14-30(29)34(39)40/h6-14,16-22H,3-5,15,23-24H2,1-2H3,(H,39,40).